The highest BCUT2D eigenvalue weighted by atomic mass is 32.2. The van der Waals surface area contributed by atoms with Gasteiger partial charge >= 0.3 is 5.97 Å². The minimum atomic E-state index is -3.93. The number of rotatable bonds is 7. The molecule has 184 valence electrons. The van der Waals surface area contributed by atoms with Crippen molar-refractivity contribution < 1.29 is 23.1 Å². The molecule has 1 aliphatic rings. The lowest BCUT2D eigenvalue weighted by molar-refractivity contribution is 0.0697. The van der Waals surface area contributed by atoms with Gasteiger partial charge in [0.2, 0.25) is 0 Å². The summed E-state index contributed by atoms with van der Waals surface area (Å²) in [6, 6.07) is 15.6. The molecule has 0 bridgehead atoms. The highest BCUT2D eigenvalue weighted by molar-refractivity contribution is 7.92. The number of carbonyl (C=O) groups is 1. The summed E-state index contributed by atoms with van der Waals surface area (Å²) in [6.07, 6.45) is 1.35. The molecule has 0 saturated carbocycles. The predicted octanol–water partition coefficient (Wildman–Crippen LogP) is 3.61. The van der Waals surface area contributed by atoms with Gasteiger partial charge in [0.1, 0.15) is 17.1 Å². The summed E-state index contributed by atoms with van der Waals surface area (Å²) in [5.41, 5.74) is 2.33. The summed E-state index contributed by atoms with van der Waals surface area (Å²) in [4.78, 5) is 20.7. The quantitative estimate of drug-likeness (QED) is 0.510. The molecular weight excluding hydrogens is 468 g/mol. The SMILES string of the molecule is COc1ccc(S(=O)(=O)Nc2cnc(N3CCN(c4cccc(C)c4)[C@@H](C)C3)c(C(=O)O)c2)cc1. The van der Waals surface area contributed by atoms with Crippen molar-refractivity contribution in [3.05, 3.63) is 71.9 Å². The molecule has 2 aromatic carbocycles. The molecule has 0 spiro atoms. The Balaban J connectivity index is 1.54. The number of carboxylic acids is 1. The first-order chi connectivity index (χ1) is 16.7. The minimum absolute atomic E-state index is 0.0281. The van der Waals surface area contributed by atoms with Crippen molar-refractivity contribution in [2.75, 3.05) is 41.3 Å². The summed E-state index contributed by atoms with van der Waals surface area (Å²) in [7, 11) is -2.44. The molecule has 1 aliphatic heterocycles. The van der Waals surface area contributed by atoms with Gasteiger partial charge in [-0.1, -0.05) is 12.1 Å². The Morgan fingerprint density at radius 2 is 1.89 bits per heavy atom. The Kier molecular flexibility index (Phi) is 6.83. The molecule has 2 N–H and O–H groups in total. The van der Waals surface area contributed by atoms with Crippen molar-refractivity contribution >= 4 is 33.2 Å². The number of benzene rings is 2. The minimum Gasteiger partial charge on any atom is -0.497 e. The number of methoxy groups -OCH3 is 1. The fraction of sp³-hybridized carbons (Fsp3) is 0.280. The zero-order valence-electron chi connectivity index (χ0n) is 19.8. The Hall–Kier alpha value is -3.79. The number of ether oxygens (including phenoxy) is 1. The monoisotopic (exact) mass is 496 g/mol. The molecule has 1 atom stereocenters. The van der Waals surface area contributed by atoms with Crippen molar-refractivity contribution in [3.63, 3.8) is 0 Å². The van der Waals surface area contributed by atoms with Crippen LogP contribution in [0.2, 0.25) is 0 Å². The van der Waals surface area contributed by atoms with E-state index >= 15 is 0 Å². The van der Waals surface area contributed by atoms with E-state index in [0.717, 1.165) is 5.69 Å². The molecule has 0 unspecified atom stereocenters. The summed E-state index contributed by atoms with van der Waals surface area (Å²) >= 11 is 0. The molecule has 35 heavy (non-hydrogen) atoms. The molecular formula is C25H28N4O5S. The van der Waals surface area contributed by atoms with Gasteiger partial charge in [-0.05, 0) is 61.9 Å². The fourth-order valence-electron chi connectivity index (χ4n) is 4.23. The van der Waals surface area contributed by atoms with Crippen LogP contribution in [0.4, 0.5) is 17.2 Å². The topological polar surface area (TPSA) is 112 Å². The lowest BCUT2D eigenvalue weighted by atomic mass is 10.1. The van der Waals surface area contributed by atoms with Gasteiger partial charge < -0.3 is 19.6 Å². The number of carboxylic acid groups (broad SMARTS) is 1. The number of aromatic nitrogens is 1. The highest BCUT2D eigenvalue weighted by Crippen LogP contribution is 2.28. The maximum Gasteiger partial charge on any atom is 0.339 e. The lowest BCUT2D eigenvalue weighted by Crippen LogP contribution is -2.52. The van der Waals surface area contributed by atoms with E-state index in [9.17, 15) is 18.3 Å². The maximum atomic E-state index is 12.8. The van der Waals surface area contributed by atoms with E-state index < -0.39 is 16.0 Å². The number of pyridine rings is 1. The molecule has 0 amide bonds. The van der Waals surface area contributed by atoms with Crippen LogP contribution in [-0.4, -0.2) is 57.3 Å². The van der Waals surface area contributed by atoms with Gasteiger partial charge in [-0.2, -0.15) is 0 Å². The molecule has 1 fully saturated rings. The molecule has 9 nitrogen and oxygen atoms in total. The molecule has 0 aliphatic carbocycles. The molecule has 1 saturated heterocycles. The van der Waals surface area contributed by atoms with E-state index in [4.69, 9.17) is 4.74 Å². The third-order valence-corrected chi connectivity index (χ3v) is 7.38. The number of hydrogen-bond acceptors (Lipinski definition) is 7. The van der Waals surface area contributed by atoms with Crippen molar-refractivity contribution in [2.24, 2.45) is 0 Å². The average molecular weight is 497 g/mol. The number of anilines is 3. The van der Waals surface area contributed by atoms with Gasteiger partial charge in [0, 0.05) is 31.4 Å². The number of nitrogens with one attached hydrogen (secondary N) is 1. The standard InChI is InChI=1S/C25H28N4O5S/c1-17-5-4-6-20(13-17)29-12-11-28(16-18(29)2)24-23(25(30)31)14-19(15-26-24)27-35(32,33)22-9-7-21(34-3)8-10-22/h4-10,13-15,18,27H,11-12,16H2,1-3H3,(H,30,31)/t18-/m0/s1. The van der Waals surface area contributed by atoms with E-state index in [-0.39, 0.29) is 22.2 Å². The lowest BCUT2D eigenvalue weighted by Gasteiger charge is -2.42. The number of aromatic carboxylic acids is 1. The first-order valence-electron chi connectivity index (χ1n) is 11.2. The number of sulfonamides is 1. The zero-order valence-corrected chi connectivity index (χ0v) is 20.6. The van der Waals surface area contributed by atoms with E-state index in [1.807, 2.05) is 11.0 Å². The van der Waals surface area contributed by atoms with Crippen molar-refractivity contribution in [2.45, 2.75) is 24.8 Å². The van der Waals surface area contributed by atoms with Crippen LogP contribution in [-0.2, 0) is 10.0 Å². The van der Waals surface area contributed by atoms with Crippen LogP contribution in [0.1, 0.15) is 22.8 Å². The average Bonchev–Trinajstić information content (AvgIpc) is 2.83. The van der Waals surface area contributed by atoms with E-state index in [1.165, 1.54) is 49.2 Å². The zero-order chi connectivity index (χ0) is 25.2. The van der Waals surface area contributed by atoms with Gasteiger partial charge in [-0.25, -0.2) is 18.2 Å². The Morgan fingerprint density at radius 1 is 1.14 bits per heavy atom. The Morgan fingerprint density at radius 3 is 2.51 bits per heavy atom. The molecule has 0 radical (unpaired) electrons. The number of nitrogens with zero attached hydrogens (tertiary/aromatic N) is 3. The Labute approximate surface area is 205 Å². The molecule has 1 aromatic heterocycles. The summed E-state index contributed by atoms with van der Waals surface area (Å²) in [5.74, 6) is -0.327. The van der Waals surface area contributed by atoms with Gasteiger partial charge in [-0.15, -0.1) is 0 Å². The smallest absolute Gasteiger partial charge is 0.339 e. The van der Waals surface area contributed by atoms with Crippen molar-refractivity contribution in [3.8, 4) is 5.75 Å². The largest absolute Gasteiger partial charge is 0.497 e. The van der Waals surface area contributed by atoms with E-state index in [2.05, 4.69) is 46.7 Å². The summed E-state index contributed by atoms with van der Waals surface area (Å²) < 4.78 is 33.0. The first kappa shape index (κ1) is 24.3. The van der Waals surface area contributed by atoms with Crippen LogP contribution in [0, 0.1) is 6.92 Å². The Bertz CT molecular complexity index is 1330. The van der Waals surface area contributed by atoms with Crippen LogP contribution >= 0.6 is 0 Å². The second-order valence-corrected chi connectivity index (χ2v) is 10.2. The highest BCUT2D eigenvalue weighted by Gasteiger charge is 2.28. The van der Waals surface area contributed by atoms with Crippen molar-refractivity contribution in [1.29, 1.82) is 0 Å². The molecule has 3 aromatic rings. The van der Waals surface area contributed by atoms with Crippen LogP contribution in [0.3, 0.4) is 0 Å². The van der Waals surface area contributed by atoms with Crippen LogP contribution in [0.5, 0.6) is 5.75 Å². The second kappa shape index (κ2) is 9.83. The van der Waals surface area contributed by atoms with E-state index in [0.29, 0.717) is 31.2 Å². The number of hydrogen-bond donors (Lipinski definition) is 2. The maximum absolute atomic E-state index is 12.8. The summed E-state index contributed by atoms with van der Waals surface area (Å²) in [5, 5.41) is 9.85. The molecule has 4 rings (SSSR count). The van der Waals surface area contributed by atoms with Gasteiger partial charge in [0.05, 0.1) is 23.9 Å². The van der Waals surface area contributed by atoms with Crippen LogP contribution in [0.15, 0.2) is 65.7 Å². The van der Waals surface area contributed by atoms with Gasteiger partial charge in [-0.3, -0.25) is 4.72 Å². The van der Waals surface area contributed by atoms with Gasteiger partial charge in [0.25, 0.3) is 10.0 Å². The normalized spacial score (nSPS) is 16.1. The van der Waals surface area contributed by atoms with Crippen molar-refractivity contribution in [1.82, 2.24) is 4.98 Å². The van der Waals surface area contributed by atoms with E-state index in [1.54, 1.807) is 0 Å². The fourth-order valence-corrected chi connectivity index (χ4v) is 5.27. The van der Waals surface area contributed by atoms with Crippen LogP contribution in [0.25, 0.3) is 0 Å². The van der Waals surface area contributed by atoms with Gasteiger partial charge in [0.15, 0.2) is 0 Å². The first-order valence-corrected chi connectivity index (χ1v) is 12.6. The third-order valence-electron chi connectivity index (χ3n) is 5.98. The second-order valence-electron chi connectivity index (χ2n) is 8.51. The molecule has 10 heteroatoms. The number of aryl methyl sites for hydroxylation is 1. The molecule has 2 heterocycles. The predicted molar refractivity (Wildman–Crippen MR) is 135 cm³/mol. The summed E-state index contributed by atoms with van der Waals surface area (Å²) in [6.45, 7) is 6.02. The van der Waals surface area contributed by atoms with Crippen LogP contribution < -0.4 is 19.3 Å². The number of piperazine rings is 1. The third kappa shape index (κ3) is 5.32.